The molecule has 5 nitrogen and oxygen atoms in total. The Labute approximate surface area is 158 Å². The number of anilines is 1. The average Bonchev–Trinajstić information content (AvgIpc) is 3.31. The quantitative estimate of drug-likeness (QED) is 0.779. The summed E-state index contributed by atoms with van der Waals surface area (Å²) in [6.45, 7) is 4.66. The van der Waals surface area contributed by atoms with Gasteiger partial charge < -0.3 is 10.2 Å². The van der Waals surface area contributed by atoms with Crippen molar-refractivity contribution < 1.29 is 14.4 Å². The number of carbonyl (C=O) groups is 3. The number of fused-ring (bicyclic) bond motifs is 4. The fourth-order valence-corrected chi connectivity index (χ4v) is 6.02. The average molecular weight is 364 g/mol. The van der Waals surface area contributed by atoms with E-state index in [0.29, 0.717) is 13.0 Å². The van der Waals surface area contributed by atoms with Crippen LogP contribution in [0.25, 0.3) is 0 Å². The lowest BCUT2D eigenvalue weighted by Gasteiger charge is -2.37. The smallest absolute Gasteiger partial charge is 0.235 e. The van der Waals surface area contributed by atoms with E-state index in [4.69, 9.17) is 0 Å². The van der Waals surface area contributed by atoms with Crippen molar-refractivity contribution in [2.75, 3.05) is 11.9 Å². The first-order chi connectivity index (χ1) is 12.9. The standard InChI is InChI=1S/C22H24N2O3/c1-12(2)10-15-18-13(20(26)24-9-5-8-17(24)19(18)25)11-22(15)14-6-3-4-7-16(14)23-21(22)27/h3-4,6-7,10,13,15,17-18H,5,8-9,11H2,1-2H3,(H,23,27)/t13?,15-,17?,18?,22+/m1/s1. The Bertz CT molecular complexity index is 901. The largest absolute Gasteiger partial charge is 0.332 e. The maximum Gasteiger partial charge on any atom is 0.235 e. The van der Waals surface area contributed by atoms with E-state index in [1.54, 1.807) is 4.90 Å². The molecule has 2 amide bonds. The van der Waals surface area contributed by atoms with Crippen molar-refractivity contribution in [3.63, 3.8) is 0 Å². The third-order valence-corrected chi connectivity index (χ3v) is 7.02. The van der Waals surface area contributed by atoms with Gasteiger partial charge in [-0.3, -0.25) is 14.4 Å². The van der Waals surface area contributed by atoms with Crippen molar-refractivity contribution in [1.29, 1.82) is 0 Å². The van der Waals surface area contributed by atoms with Gasteiger partial charge in [0.15, 0.2) is 5.78 Å². The van der Waals surface area contributed by atoms with E-state index in [0.717, 1.165) is 29.7 Å². The monoisotopic (exact) mass is 364 g/mol. The lowest BCUT2D eigenvalue weighted by Crippen LogP contribution is -2.54. The minimum Gasteiger partial charge on any atom is -0.332 e. The van der Waals surface area contributed by atoms with Crippen molar-refractivity contribution in [2.45, 2.75) is 44.6 Å². The van der Waals surface area contributed by atoms with Crippen molar-refractivity contribution in [2.24, 2.45) is 17.8 Å². The van der Waals surface area contributed by atoms with Gasteiger partial charge in [0, 0.05) is 30.0 Å². The number of rotatable bonds is 1. The van der Waals surface area contributed by atoms with Crippen LogP contribution in [0.1, 0.15) is 38.7 Å². The number of nitrogens with zero attached hydrogens (tertiary/aromatic N) is 1. The first kappa shape index (κ1) is 16.7. The second-order valence-corrected chi connectivity index (χ2v) is 8.67. The van der Waals surface area contributed by atoms with Crippen LogP contribution in [0, 0.1) is 17.8 Å². The Hall–Kier alpha value is -2.43. The van der Waals surface area contributed by atoms with Crippen molar-refractivity contribution in [1.82, 2.24) is 4.90 Å². The van der Waals surface area contributed by atoms with Crippen LogP contribution in [0.3, 0.4) is 0 Å². The van der Waals surface area contributed by atoms with Gasteiger partial charge in [-0.05, 0) is 44.7 Å². The SMILES string of the molecule is CC(C)=C[C@@H]1C2C(=O)C3CCCN3C(=O)C2C[C@@]12C(=O)Nc1ccccc12. The Balaban J connectivity index is 1.71. The molecule has 2 saturated heterocycles. The van der Waals surface area contributed by atoms with Crippen LogP contribution in [0.5, 0.6) is 0 Å². The van der Waals surface area contributed by atoms with Crippen molar-refractivity contribution in [3.05, 3.63) is 41.5 Å². The maximum atomic E-state index is 13.4. The normalized spacial score (nSPS) is 36.5. The molecule has 1 N–H and O–H groups in total. The van der Waals surface area contributed by atoms with Crippen LogP contribution in [0.2, 0.25) is 0 Å². The third kappa shape index (κ3) is 2.03. The fourth-order valence-electron chi connectivity index (χ4n) is 6.02. The Morgan fingerprint density at radius 1 is 1.22 bits per heavy atom. The molecule has 3 unspecified atom stereocenters. The summed E-state index contributed by atoms with van der Waals surface area (Å²) in [6.07, 6.45) is 4.14. The number of hydrogen-bond donors (Lipinski definition) is 1. The third-order valence-electron chi connectivity index (χ3n) is 7.02. The highest BCUT2D eigenvalue weighted by Gasteiger charge is 2.67. The van der Waals surface area contributed by atoms with Crippen LogP contribution in [0.4, 0.5) is 5.69 Å². The Morgan fingerprint density at radius 2 is 2.00 bits per heavy atom. The van der Waals surface area contributed by atoms with Gasteiger partial charge in [0.25, 0.3) is 0 Å². The first-order valence-electron chi connectivity index (χ1n) is 9.85. The number of allylic oxidation sites excluding steroid dienone is 2. The molecule has 3 aliphatic heterocycles. The first-order valence-corrected chi connectivity index (χ1v) is 9.85. The van der Waals surface area contributed by atoms with Gasteiger partial charge in [-0.15, -0.1) is 0 Å². The number of para-hydroxylation sites is 1. The van der Waals surface area contributed by atoms with Crippen LogP contribution in [0.15, 0.2) is 35.9 Å². The van der Waals surface area contributed by atoms with Gasteiger partial charge in [0.1, 0.15) is 0 Å². The number of Topliss-reactive ketones (excluding diaryl/α,β-unsaturated/α-hetero) is 1. The molecule has 5 rings (SSSR count). The van der Waals surface area contributed by atoms with Crippen LogP contribution >= 0.6 is 0 Å². The zero-order valence-corrected chi connectivity index (χ0v) is 15.7. The predicted octanol–water partition coefficient (Wildman–Crippen LogP) is 2.67. The number of hydrogen-bond acceptors (Lipinski definition) is 3. The molecule has 0 radical (unpaired) electrons. The van der Waals surface area contributed by atoms with Crippen LogP contribution in [-0.4, -0.2) is 35.1 Å². The topological polar surface area (TPSA) is 66.5 Å². The number of nitrogens with one attached hydrogen (secondary N) is 1. The number of piperidine rings is 1. The summed E-state index contributed by atoms with van der Waals surface area (Å²) in [4.78, 5) is 41.7. The molecule has 5 heteroatoms. The Kier molecular flexibility index (Phi) is 3.43. The molecule has 1 aliphatic carbocycles. The van der Waals surface area contributed by atoms with Crippen LogP contribution in [-0.2, 0) is 19.8 Å². The predicted molar refractivity (Wildman–Crippen MR) is 101 cm³/mol. The van der Waals surface area contributed by atoms with E-state index in [-0.39, 0.29) is 29.6 Å². The molecular formula is C22H24N2O3. The zero-order valence-electron chi connectivity index (χ0n) is 15.7. The molecule has 0 bridgehead atoms. The molecule has 5 atom stereocenters. The van der Waals surface area contributed by atoms with Gasteiger partial charge in [-0.25, -0.2) is 0 Å². The summed E-state index contributed by atoms with van der Waals surface area (Å²) < 4.78 is 0. The number of carbonyl (C=O) groups excluding carboxylic acids is 3. The molecule has 1 aromatic rings. The number of amides is 2. The lowest BCUT2D eigenvalue weighted by molar-refractivity contribution is -0.152. The molecule has 27 heavy (non-hydrogen) atoms. The molecule has 4 aliphatic rings. The molecule has 1 spiro atoms. The van der Waals surface area contributed by atoms with Gasteiger partial charge >= 0.3 is 0 Å². The van der Waals surface area contributed by atoms with Crippen molar-refractivity contribution in [3.8, 4) is 0 Å². The summed E-state index contributed by atoms with van der Waals surface area (Å²) in [6, 6.07) is 7.44. The van der Waals surface area contributed by atoms with E-state index in [1.807, 2.05) is 38.1 Å². The number of ketones is 1. The minimum atomic E-state index is -0.825. The van der Waals surface area contributed by atoms with Crippen molar-refractivity contribution >= 4 is 23.3 Å². The van der Waals surface area contributed by atoms with E-state index >= 15 is 0 Å². The highest BCUT2D eigenvalue weighted by molar-refractivity contribution is 6.10. The van der Waals surface area contributed by atoms with E-state index in [9.17, 15) is 14.4 Å². The Morgan fingerprint density at radius 3 is 2.78 bits per heavy atom. The second-order valence-electron chi connectivity index (χ2n) is 8.67. The van der Waals surface area contributed by atoms with E-state index in [1.165, 1.54) is 0 Å². The maximum absolute atomic E-state index is 13.4. The van der Waals surface area contributed by atoms with E-state index < -0.39 is 17.3 Å². The second kappa shape index (κ2) is 5.54. The van der Waals surface area contributed by atoms with Gasteiger partial charge in [0.05, 0.1) is 11.5 Å². The highest BCUT2D eigenvalue weighted by atomic mass is 16.2. The summed E-state index contributed by atoms with van der Waals surface area (Å²) in [5, 5.41) is 3.02. The number of benzene rings is 1. The highest BCUT2D eigenvalue weighted by Crippen LogP contribution is 2.59. The minimum absolute atomic E-state index is 0.0682. The fraction of sp³-hybridized carbons (Fsp3) is 0.500. The van der Waals surface area contributed by atoms with Crippen LogP contribution < -0.4 is 5.32 Å². The summed E-state index contributed by atoms with van der Waals surface area (Å²) >= 11 is 0. The molecular weight excluding hydrogens is 340 g/mol. The molecule has 1 aromatic carbocycles. The van der Waals surface area contributed by atoms with Gasteiger partial charge in [-0.2, -0.15) is 0 Å². The summed E-state index contributed by atoms with van der Waals surface area (Å²) in [5.74, 6) is -0.901. The zero-order chi connectivity index (χ0) is 18.9. The summed E-state index contributed by atoms with van der Waals surface area (Å²) in [7, 11) is 0. The van der Waals surface area contributed by atoms with Gasteiger partial charge in [0.2, 0.25) is 11.8 Å². The summed E-state index contributed by atoms with van der Waals surface area (Å²) in [5.41, 5.74) is 2.00. The molecule has 3 fully saturated rings. The lowest BCUT2D eigenvalue weighted by atomic mass is 9.69. The molecule has 140 valence electrons. The molecule has 3 heterocycles. The molecule has 0 aromatic heterocycles. The van der Waals surface area contributed by atoms with Gasteiger partial charge in [-0.1, -0.05) is 29.8 Å². The molecule has 1 saturated carbocycles. The van der Waals surface area contributed by atoms with E-state index in [2.05, 4.69) is 11.4 Å².